The first-order valence-corrected chi connectivity index (χ1v) is 14.4. The van der Waals surface area contributed by atoms with Crippen LogP contribution in [0.25, 0.3) is 5.69 Å². The van der Waals surface area contributed by atoms with Crippen molar-refractivity contribution >= 4 is 30.0 Å². The van der Waals surface area contributed by atoms with Crippen molar-refractivity contribution in [3.63, 3.8) is 0 Å². The van der Waals surface area contributed by atoms with Gasteiger partial charge in [0.05, 0.1) is 27.9 Å². The summed E-state index contributed by atoms with van der Waals surface area (Å²) in [5, 5.41) is 5.64. The van der Waals surface area contributed by atoms with Gasteiger partial charge >= 0.3 is 6.18 Å². The maximum absolute atomic E-state index is 14.2. The molecule has 0 saturated carbocycles. The lowest BCUT2D eigenvalue weighted by Gasteiger charge is -2.45. The predicted octanol–water partition coefficient (Wildman–Crippen LogP) is 7.55. The Morgan fingerprint density at radius 3 is 2.08 bits per heavy atom. The summed E-state index contributed by atoms with van der Waals surface area (Å²) in [5.41, 5.74) is 1.49. The average molecular weight is 551 g/mol. The van der Waals surface area contributed by atoms with Gasteiger partial charge in [-0.15, -0.1) is 0 Å². The minimum atomic E-state index is -4.55. The fourth-order valence-corrected chi connectivity index (χ4v) is 8.98. The number of benzene rings is 3. The average Bonchev–Trinajstić information content (AvgIpc) is 3.28. The van der Waals surface area contributed by atoms with E-state index in [1.165, 1.54) is 12.1 Å². The summed E-state index contributed by atoms with van der Waals surface area (Å²) in [4.78, 5) is 5.11. The Hall–Kier alpha value is -3.68. The molecule has 5 rings (SSSR count). The van der Waals surface area contributed by atoms with Crippen LogP contribution in [-0.4, -0.2) is 45.1 Å². The van der Waals surface area contributed by atoms with Crippen LogP contribution >= 0.6 is 7.36 Å². The number of alkyl halides is 3. The zero-order valence-corrected chi connectivity index (χ0v) is 23.2. The number of aryl methyl sites for hydroxylation is 1. The topological polar surface area (TPSA) is 49.0 Å². The van der Waals surface area contributed by atoms with Crippen LogP contribution in [0.2, 0.25) is 0 Å². The lowest BCUT2D eigenvalue weighted by Crippen LogP contribution is -2.41. The van der Waals surface area contributed by atoms with Crippen molar-refractivity contribution in [2.75, 3.05) is 20.1 Å². The van der Waals surface area contributed by atoms with E-state index < -0.39 is 19.1 Å². The quantitative estimate of drug-likeness (QED) is 0.233. The standard InChI is InChI=1S/C29H30F3N6P/c1-5-37(6-2)39(35-25-20-14-13-19-24(25)29(30,31)32)26-21(3)34-38(23-17-11-8-12-18-23)28(26)33-27(36(39)4)22-15-9-7-10-16-22/h7-20H,5-6H2,1-4H3/t39-/m0/s1. The third-order valence-corrected chi connectivity index (χ3v) is 10.9. The van der Waals surface area contributed by atoms with Crippen molar-refractivity contribution in [1.29, 1.82) is 0 Å². The van der Waals surface area contributed by atoms with Crippen LogP contribution in [0.1, 0.15) is 30.7 Å². The first-order chi connectivity index (χ1) is 18.7. The minimum absolute atomic E-state index is 0.0933. The number of amidine groups is 1. The summed E-state index contributed by atoms with van der Waals surface area (Å²) in [7, 11) is -1.19. The first-order valence-electron chi connectivity index (χ1n) is 12.8. The molecule has 0 unspecified atom stereocenters. The molecule has 0 amide bonds. The number of hydrogen-bond acceptors (Lipinski definition) is 3. The lowest BCUT2D eigenvalue weighted by atomic mass is 10.2. The van der Waals surface area contributed by atoms with E-state index >= 15 is 0 Å². The number of aromatic nitrogens is 2. The molecular weight excluding hydrogens is 520 g/mol. The third kappa shape index (κ3) is 4.60. The van der Waals surface area contributed by atoms with E-state index in [-0.39, 0.29) is 5.69 Å². The van der Waals surface area contributed by atoms with Gasteiger partial charge in [-0.25, -0.2) is 14.4 Å². The van der Waals surface area contributed by atoms with Crippen molar-refractivity contribution in [2.24, 2.45) is 9.74 Å². The zero-order valence-electron chi connectivity index (χ0n) is 22.3. The Balaban J connectivity index is 1.94. The van der Waals surface area contributed by atoms with Crippen molar-refractivity contribution in [3.8, 4) is 5.69 Å². The fourth-order valence-electron chi connectivity index (χ4n) is 5.08. The van der Waals surface area contributed by atoms with Gasteiger partial charge in [-0.2, -0.15) is 18.3 Å². The molecule has 202 valence electrons. The van der Waals surface area contributed by atoms with Crippen molar-refractivity contribution < 1.29 is 13.2 Å². The second kappa shape index (κ2) is 10.5. The molecule has 1 aliphatic heterocycles. The minimum Gasteiger partial charge on any atom is -0.310 e. The SMILES string of the molecule is CCN(CC)[P@]1(=Nc2ccccc2C(F)(F)F)c2c(C)nn(-c3ccccc3)c2N=C(c2ccccc2)N1C. The van der Waals surface area contributed by atoms with Crippen LogP contribution in [0.3, 0.4) is 0 Å². The highest BCUT2D eigenvalue weighted by atomic mass is 31.2. The van der Waals surface area contributed by atoms with Crippen LogP contribution in [0.15, 0.2) is 94.7 Å². The maximum Gasteiger partial charge on any atom is 0.418 e. The van der Waals surface area contributed by atoms with E-state index in [0.717, 1.165) is 22.6 Å². The van der Waals surface area contributed by atoms with Gasteiger partial charge in [0.15, 0.2) is 13.2 Å². The summed E-state index contributed by atoms with van der Waals surface area (Å²) in [6.07, 6.45) is -4.55. The maximum atomic E-state index is 14.2. The van der Waals surface area contributed by atoms with Crippen molar-refractivity contribution in [1.82, 2.24) is 19.1 Å². The van der Waals surface area contributed by atoms with Gasteiger partial charge < -0.3 is 4.67 Å². The van der Waals surface area contributed by atoms with E-state index in [0.29, 0.717) is 30.4 Å². The number of aliphatic imine (C=N–C) groups is 1. The van der Waals surface area contributed by atoms with Crippen LogP contribution in [0, 0.1) is 6.92 Å². The van der Waals surface area contributed by atoms with E-state index in [2.05, 4.69) is 4.67 Å². The zero-order chi connectivity index (χ0) is 27.8. The molecule has 6 nitrogen and oxygen atoms in total. The van der Waals surface area contributed by atoms with E-state index in [1.54, 1.807) is 10.7 Å². The Morgan fingerprint density at radius 2 is 1.46 bits per heavy atom. The normalized spacial score (nSPS) is 17.2. The molecule has 39 heavy (non-hydrogen) atoms. The molecule has 0 fully saturated rings. The number of rotatable bonds is 6. The summed E-state index contributed by atoms with van der Waals surface area (Å²) in [6, 6.07) is 24.9. The van der Waals surface area contributed by atoms with Gasteiger partial charge in [0, 0.05) is 25.7 Å². The molecule has 1 aromatic heterocycles. The first kappa shape index (κ1) is 26.9. The Labute approximate surface area is 226 Å². The highest BCUT2D eigenvalue weighted by Crippen LogP contribution is 2.62. The molecular formula is C29H30F3N6P. The summed E-state index contributed by atoms with van der Waals surface area (Å²) < 4.78 is 53.7. The van der Waals surface area contributed by atoms with Gasteiger partial charge in [0.25, 0.3) is 0 Å². The molecule has 10 heteroatoms. The number of hydrogen-bond donors (Lipinski definition) is 0. The second-order valence-electron chi connectivity index (χ2n) is 9.15. The number of para-hydroxylation sites is 1. The van der Waals surface area contributed by atoms with E-state index in [4.69, 9.17) is 14.8 Å². The number of nitrogens with zero attached hydrogens (tertiary/aromatic N) is 6. The molecule has 2 heterocycles. The molecule has 0 aliphatic carbocycles. The van der Waals surface area contributed by atoms with Crippen LogP contribution in [0.4, 0.5) is 24.7 Å². The Bertz CT molecular complexity index is 1560. The van der Waals surface area contributed by atoms with Crippen molar-refractivity contribution in [2.45, 2.75) is 26.9 Å². The fraction of sp³-hybridized carbons (Fsp3) is 0.241. The monoisotopic (exact) mass is 550 g/mol. The summed E-state index contributed by atoms with van der Waals surface area (Å²) in [5.74, 6) is 1.22. The van der Waals surface area contributed by atoms with Crippen LogP contribution in [-0.2, 0) is 6.18 Å². The summed E-state index contributed by atoms with van der Waals surface area (Å²) in [6.45, 7) is 7.05. The highest BCUT2D eigenvalue weighted by molar-refractivity contribution is 7.70. The lowest BCUT2D eigenvalue weighted by molar-refractivity contribution is -0.137. The van der Waals surface area contributed by atoms with E-state index in [9.17, 15) is 13.2 Å². The Morgan fingerprint density at radius 1 is 0.872 bits per heavy atom. The van der Waals surface area contributed by atoms with Gasteiger partial charge in [-0.1, -0.05) is 74.5 Å². The second-order valence-corrected chi connectivity index (χ2v) is 12.1. The van der Waals surface area contributed by atoms with Crippen LogP contribution < -0.4 is 5.30 Å². The molecule has 0 radical (unpaired) electrons. The van der Waals surface area contributed by atoms with Gasteiger partial charge in [0.1, 0.15) is 5.84 Å². The van der Waals surface area contributed by atoms with Gasteiger partial charge in [-0.3, -0.25) is 4.67 Å². The third-order valence-electron chi connectivity index (χ3n) is 6.86. The smallest absolute Gasteiger partial charge is 0.310 e. The number of fused-ring (bicyclic) bond motifs is 1. The largest absolute Gasteiger partial charge is 0.418 e. The molecule has 0 N–H and O–H groups in total. The van der Waals surface area contributed by atoms with Gasteiger partial charge in [0.2, 0.25) is 0 Å². The van der Waals surface area contributed by atoms with Crippen LogP contribution in [0.5, 0.6) is 0 Å². The molecule has 1 atom stereocenters. The highest BCUT2D eigenvalue weighted by Gasteiger charge is 2.45. The number of halogens is 3. The molecule has 3 aromatic carbocycles. The van der Waals surface area contributed by atoms with Crippen molar-refractivity contribution in [3.05, 3.63) is 102 Å². The molecule has 0 spiro atoms. The molecule has 1 aliphatic rings. The predicted molar refractivity (Wildman–Crippen MR) is 152 cm³/mol. The molecule has 0 bridgehead atoms. The Kier molecular flexibility index (Phi) is 7.23. The molecule has 4 aromatic rings. The van der Waals surface area contributed by atoms with E-state index in [1.807, 2.05) is 93.2 Å². The molecule has 0 saturated heterocycles. The summed E-state index contributed by atoms with van der Waals surface area (Å²) >= 11 is 0. The van der Waals surface area contributed by atoms with Gasteiger partial charge in [-0.05, 0) is 31.2 Å².